The van der Waals surface area contributed by atoms with Crippen LogP contribution in [0.3, 0.4) is 0 Å². The maximum atomic E-state index is 12.1. The van der Waals surface area contributed by atoms with Gasteiger partial charge in [-0.2, -0.15) is 0 Å². The van der Waals surface area contributed by atoms with Crippen molar-refractivity contribution in [3.8, 4) is 0 Å². The summed E-state index contributed by atoms with van der Waals surface area (Å²) in [6, 6.07) is 5.45. The van der Waals surface area contributed by atoms with Gasteiger partial charge in [-0.25, -0.2) is 4.79 Å². The van der Waals surface area contributed by atoms with Crippen LogP contribution in [0.4, 0.5) is 4.79 Å². The number of hydrogen-bond acceptors (Lipinski definition) is 2. The summed E-state index contributed by atoms with van der Waals surface area (Å²) in [6.07, 6.45) is 0.705. The minimum atomic E-state index is 0.0100. The van der Waals surface area contributed by atoms with E-state index in [-0.39, 0.29) is 6.03 Å². The van der Waals surface area contributed by atoms with Crippen LogP contribution in [0.5, 0.6) is 0 Å². The predicted molar refractivity (Wildman–Crippen MR) is 87.3 cm³/mol. The maximum absolute atomic E-state index is 12.1. The summed E-state index contributed by atoms with van der Waals surface area (Å²) in [4.78, 5) is 16.3. The van der Waals surface area contributed by atoms with Gasteiger partial charge in [-0.15, -0.1) is 0 Å². The molecule has 1 aromatic rings. The topological polar surface area (TPSA) is 35.6 Å². The molecule has 1 fully saturated rings. The summed E-state index contributed by atoms with van der Waals surface area (Å²) >= 11 is 12.0. The van der Waals surface area contributed by atoms with Gasteiger partial charge in [-0.1, -0.05) is 36.2 Å². The highest BCUT2D eigenvalue weighted by Crippen LogP contribution is 2.21. The second-order valence-corrected chi connectivity index (χ2v) is 5.98. The molecule has 0 radical (unpaired) electrons. The highest BCUT2D eigenvalue weighted by molar-refractivity contribution is 6.35. The lowest BCUT2D eigenvalue weighted by Gasteiger charge is -2.34. The third-order valence-corrected chi connectivity index (χ3v) is 4.38. The fourth-order valence-electron chi connectivity index (χ4n) is 2.41. The van der Waals surface area contributed by atoms with Crippen molar-refractivity contribution in [1.29, 1.82) is 0 Å². The molecule has 0 unspecified atom stereocenters. The maximum Gasteiger partial charge on any atom is 0.317 e. The number of rotatable bonds is 4. The molecular weight excluding hydrogens is 309 g/mol. The van der Waals surface area contributed by atoms with E-state index in [2.05, 4.69) is 17.1 Å². The summed E-state index contributed by atoms with van der Waals surface area (Å²) in [7, 11) is 0. The van der Waals surface area contributed by atoms with Crippen LogP contribution in [0.25, 0.3) is 0 Å². The van der Waals surface area contributed by atoms with Gasteiger partial charge in [0.1, 0.15) is 0 Å². The molecule has 2 rings (SSSR count). The van der Waals surface area contributed by atoms with Crippen molar-refractivity contribution in [2.45, 2.75) is 13.3 Å². The lowest BCUT2D eigenvalue weighted by Crippen LogP contribution is -2.51. The van der Waals surface area contributed by atoms with E-state index in [0.717, 1.165) is 38.3 Å². The standard InChI is InChI=1S/C15H21Cl2N3O/c1-2-19-7-9-20(10-8-19)15(21)18-6-5-12-3-4-13(16)11-14(12)17/h3-4,11H,2,5-10H2,1H3,(H,18,21). The minimum Gasteiger partial charge on any atom is -0.338 e. The molecule has 1 saturated heterocycles. The fourth-order valence-corrected chi connectivity index (χ4v) is 2.91. The highest BCUT2D eigenvalue weighted by atomic mass is 35.5. The Kier molecular flexibility index (Phi) is 6.15. The Hall–Kier alpha value is -0.970. The Morgan fingerprint density at radius 2 is 1.95 bits per heavy atom. The summed E-state index contributed by atoms with van der Waals surface area (Å²) in [5.74, 6) is 0. The molecule has 0 spiro atoms. The van der Waals surface area contributed by atoms with Gasteiger partial charge in [0.05, 0.1) is 0 Å². The van der Waals surface area contributed by atoms with E-state index in [4.69, 9.17) is 23.2 Å². The second kappa shape index (κ2) is 7.87. The van der Waals surface area contributed by atoms with Crippen molar-refractivity contribution in [2.75, 3.05) is 39.3 Å². The van der Waals surface area contributed by atoms with Gasteiger partial charge >= 0.3 is 6.03 Å². The molecule has 0 aliphatic carbocycles. The van der Waals surface area contributed by atoms with E-state index < -0.39 is 0 Å². The van der Waals surface area contributed by atoms with Crippen molar-refractivity contribution in [1.82, 2.24) is 15.1 Å². The summed E-state index contributed by atoms with van der Waals surface area (Å²) in [6.45, 7) is 7.26. The van der Waals surface area contributed by atoms with Crippen LogP contribution in [0.1, 0.15) is 12.5 Å². The molecule has 0 atom stereocenters. The largest absolute Gasteiger partial charge is 0.338 e. The van der Waals surface area contributed by atoms with E-state index in [1.165, 1.54) is 0 Å². The molecule has 0 aromatic heterocycles. The number of piperazine rings is 1. The molecule has 1 aliphatic rings. The average Bonchev–Trinajstić information content (AvgIpc) is 2.49. The number of nitrogens with one attached hydrogen (secondary N) is 1. The zero-order valence-electron chi connectivity index (χ0n) is 12.2. The number of amides is 2. The number of nitrogens with zero attached hydrogens (tertiary/aromatic N) is 2. The smallest absolute Gasteiger partial charge is 0.317 e. The molecule has 1 aliphatic heterocycles. The van der Waals surface area contributed by atoms with Crippen molar-refractivity contribution in [3.05, 3.63) is 33.8 Å². The van der Waals surface area contributed by atoms with Crippen LogP contribution in [0.15, 0.2) is 18.2 Å². The zero-order chi connectivity index (χ0) is 15.2. The Balaban J connectivity index is 1.74. The molecule has 6 heteroatoms. The quantitative estimate of drug-likeness (QED) is 0.921. The summed E-state index contributed by atoms with van der Waals surface area (Å²) in [5, 5.41) is 4.23. The average molecular weight is 330 g/mol. The third-order valence-electron chi connectivity index (χ3n) is 3.79. The highest BCUT2D eigenvalue weighted by Gasteiger charge is 2.19. The molecule has 2 amide bonds. The lowest BCUT2D eigenvalue weighted by atomic mass is 10.1. The van der Waals surface area contributed by atoms with Crippen LogP contribution in [-0.2, 0) is 6.42 Å². The summed E-state index contributed by atoms with van der Waals surface area (Å²) in [5.41, 5.74) is 0.997. The SMILES string of the molecule is CCN1CCN(C(=O)NCCc2ccc(Cl)cc2Cl)CC1. The third kappa shape index (κ3) is 4.77. The number of hydrogen-bond donors (Lipinski definition) is 1. The van der Waals surface area contributed by atoms with Crippen molar-refractivity contribution >= 4 is 29.2 Å². The van der Waals surface area contributed by atoms with Crippen LogP contribution >= 0.6 is 23.2 Å². The van der Waals surface area contributed by atoms with Gasteiger partial charge < -0.3 is 15.1 Å². The molecule has 4 nitrogen and oxygen atoms in total. The first kappa shape index (κ1) is 16.4. The van der Waals surface area contributed by atoms with Crippen molar-refractivity contribution in [3.63, 3.8) is 0 Å². The fraction of sp³-hybridized carbons (Fsp3) is 0.533. The molecule has 1 N–H and O–H groups in total. The monoisotopic (exact) mass is 329 g/mol. The Morgan fingerprint density at radius 1 is 1.24 bits per heavy atom. The summed E-state index contributed by atoms with van der Waals surface area (Å²) < 4.78 is 0. The molecular formula is C15H21Cl2N3O. The van der Waals surface area contributed by atoms with Crippen LogP contribution in [-0.4, -0.2) is 55.1 Å². The number of likely N-dealkylation sites (N-methyl/N-ethyl adjacent to an activating group) is 1. The van der Waals surface area contributed by atoms with Crippen LogP contribution in [0, 0.1) is 0 Å². The first-order valence-electron chi connectivity index (χ1n) is 7.29. The number of carbonyl (C=O) groups is 1. The van der Waals surface area contributed by atoms with E-state index in [0.29, 0.717) is 23.0 Å². The molecule has 1 aromatic carbocycles. The van der Waals surface area contributed by atoms with Crippen LogP contribution in [0.2, 0.25) is 10.0 Å². The number of carbonyl (C=O) groups excluding carboxylic acids is 1. The first-order valence-corrected chi connectivity index (χ1v) is 8.05. The molecule has 0 bridgehead atoms. The Labute approximate surface area is 136 Å². The molecule has 116 valence electrons. The first-order chi connectivity index (χ1) is 10.1. The van der Waals surface area contributed by atoms with E-state index in [1.54, 1.807) is 6.07 Å². The normalized spacial score (nSPS) is 16.0. The minimum absolute atomic E-state index is 0.0100. The second-order valence-electron chi connectivity index (χ2n) is 5.14. The zero-order valence-corrected chi connectivity index (χ0v) is 13.8. The van der Waals surface area contributed by atoms with Gasteiger partial charge in [-0.05, 0) is 30.7 Å². The predicted octanol–water partition coefficient (Wildman–Crippen LogP) is 2.88. The van der Waals surface area contributed by atoms with Crippen LogP contribution < -0.4 is 5.32 Å². The number of halogens is 2. The molecule has 1 heterocycles. The molecule has 0 saturated carbocycles. The van der Waals surface area contributed by atoms with E-state index in [1.807, 2.05) is 17.0 Å². The van der Waals surface area contributed by atoms with Gasteiger partial charge in [0.25, 0.3) is 0 Å². The van der Waals surface area contributed by atoms with Gasteiger partial charge in [0.15, 0.2) is 0 Å². The van der Waals surface area contributed by atoms with E-state index in [9.17, 15) is 4.79 Å². The van der Waals surface area contributed by atoms with Gasteiger partial charge in [0, 0.05) is 42.8 Å². The van der Waals surface area contributed by atoms with Crippen molar-refractivity contribution < 1.29 is 4.79 Å². The van der Waals surface area contributed by atoms with Gasteiger partial charge in [0.2, 0.25) is 0 Å². The lowest BCUT2D eigenvalue weighted by molar-refractivity contribution is 0.143. The Morgan fingerprint density at radius 3 is 2.57 bits per heavy atom. The number of benzene rings is 1. The Bertz CT molecular complexity index is 488. The van der Waals surface area contributed by atoms with Gasteiger partial charge in [-0.3, -0.25) is 0 Å². The number of urea groups is 1. The van der Waals surface area contributed by atoms with Crippen molar-refractivity contribution in [2.24, 2.45) is 0 Å². The van der Waals surface area contributed by atoms with E-state index >= 15 is 0 Å². The molecule has 21 heavy (non-hydrogen) atoms.